The fraction of sp³-hybridized carbons (Fsp3) is 0.467. The normalized spacial score (nSPS) is 13.2. The second-order valence-electron chi connectivity index (χ2n) is 9.96. The van der Waals surface area contributed by atoms with Crippen LogP contribution in [0.1, 0.15) is 66.2 Å². The number of rotatable bonds is 18. The Hall–Kier alpha value is -3.53. The summed E-state index contributed by atoms with van der Waals surface area (Å²) < 4.78 is 0. The van der Waals surface area contributed by atoms with Gasteiger partial charge in [-0.1, -0.05) is 53.1 Å². The van der Waals surface area contributed by atoms with Crippen LogP contribution in [0.5, 0.6) is 0 Å². The lowest BCUT2D eigenvalue weighted by molar-refractivity contribution is -0.141. The van der Waals surface area contributed by atoms with Crippen molar-refractivity contribution in [1.29, 1.82) is 0 Å². The van der Waals surface area contributed by atoms with Crippen LogP contribution < -0.4 is 21.7 Å². The van der Waals surface area contributed by atoms with Gasteiger partial charge in [-0.3, -0.25) is 14.5 Å². The molecule has 0 aliphatic rings. The molecule has 0 aromatic heterocycles. The number of nitrogens with one attached hydrogen (secondary N) is 1. The minimum atomic E-state index is -1.16. The summed E-state index contributed by atoms with van der Waals surface area (Å²) >= 11 is 1.41. The van der Waals surface area contributed by atoms with E-state index in [1.165, 1.54) is 28.5 Å². The summed E-state index contributed by atoms with van der Waals surface area (Å²) in [7, 11) is 0. The minimum absolute atomic E-state index is 0.108. The quantitative estimate of drug-likeness (QED) is 0.144. The smallest absolute Gasteiger partial charge is 0.327 e. The maximum atomic E-state index is 12.5. The van der Waals surface area contributed by atoms with Gasteiger partial charge in [0.25, 0.3) is 0 Å². The lowest BCUT2D eigenvalue weighted by Crippen LogP contribution is -2.51. The molecule has 2 atom stereocenters. The SMILES string of the molecule is CC(C)=CCCC(C)=CCCC(C)=CCSCC(NC(=O)CCC(C(N)=O)N(C(N)=O)c1ccccc1)C(=O)O. The summed E-state index contributed by atoms with van der Waals surface area (Å²) in [5.74, 6) is -1.72. The molecule has 1 aromatic rings. The van der Waals surface area contributed by atoms with Crippen molar-refractivity contribution in [1.82, 2.24) is 5.32 Å². The van der Waals surface area contributed by atoms with Gasteiger partial charge in [0.2, 0.25) is 11.8 Å². The molecule has 1 aromatic carbocycles. The Morgan fingerprint density at radius 2 is 1.52 bits per heavy atom. The van der Waals surface area contributed by atoms with Crippen LogP contribution in [0.15, 0.2) is 65.3 Å². The number of primary amides is 2. The number of hydrogen-bond acceptors (Lipinski definition) is 5. The Morgan fingerprint density at radius 3 is 2.08 bits per heavy atom. The molecule has 0 aliphatic carbocycles. The van der Waals surface area contributed by atoms with Crippen molar-refractivity contribution in [3.8, 4) is 0 Å². The van der Waals surface area contributed by atoms with Crippen molar-refractivity contribution in [3.63, 3.8) is 0 Å². The van der Waals surface area contributed by atoms with Crippen molar-refractivity contribution in [3.05, 3.63) is 65.3 Å². The van der Waals surface area contributed by atoms with Gasteiger partial charge in [0.05, 0.1) is 0 Å². The molecule has 0 spiro atoms. The van der Waals surface area contributed by atoms with Gasteiger partial charge in [-0.25, -0.2) is 9.59 Å². The molecule has 1 rings (SSSR count). The zero-order valence-corrected chi connectivity index (χ0v) is 24.8. The second kappa shape index (κ2) is 18.7. The largest absolute Gasteiger partial charge is 0.480 e. The molecule has 220 valence electrons. The molecule has 0 radical (unpaired) electrons. The van der Waals surface area contributed by atoms with Crippen molar-refractivity contribution in [2.75, 3.05) is 16.4 Å². The van der Waals surface area contributed by atoms with E-state index in [0.717, 1.165) is 30.6 Å². The van der Waals surface area contributed by atoms with Crippen LogP contribution in [0.2, 0.25) is 0 Å². The zero-order valence-electron chi connectivity index (χ0n) is 24.0. The fourth-order valence-electron chi connectivity index (χ4n) is 3.88. The molecule has 0 saturated heterocycles. The van der Waals surface area contributed by atoms with Gasteiger partial charge in [0.1, 0.15) is 12.1 Å². The van der Waals surface area contributed by atoms with Gasteiger partial charge in [-0.2, -0.15) is 11.8 Å². The number of amides is 4. The number of carbonyl (C=O) groups is 4. The van der Waals surface area contributed by atoms with Gasteiger partial charge >= 0.3 is 12.0 Å². The van der Waals surface area contributed by atoms with Crippen LogP contribution in [0, 0.1) is 0 Å². The standard InChI is InChI=1S/C30H44N4O5S/c1-21(2)10-8-11-22(3)12-9-13-23(4)18-19-40-20-25(29(37)38)33-27(35)17-16-26(28(31)36)34(30(32)39)24-14-6-5-7-15-24/h5-7,10,12,14-15,18,25-26H,8-9,11,13,16-17,19-20H2,1-4H3,(H2,31,36)(H2,32,39)(H,33,35)(H,37,38). The van der Waals surface area contributed by atoms with Crippen molar-refractivity contribution in [2.24, 2.45) is 11.5 Å². The average Bonchev–Trinajstić information content (AvgIpc) is 2.87. The number of carboxylic acids is 1. The first-order valence-electron chi connectivity index (χ1n) is 13.4. The number of allylic oxidation sites excluding steroid dienone is 5. The third-order valence-corrected chi connectivity index (χ3v) is 7.12. The summed E-state index contributed by atoms with van der Waals surface area (Å²) in [5, 5.41) is 12.1. The number of hydrogen-bond donors (Lipinski definition) is 4. The molecule has 0 bridgehead atoms. The fourth-order valence-corrected chi connectivity index (χ4v) is 4.88. The number of carbonyl (C=O) groups excluding carboxylic acids is 3. The van der Waals surface area contributed by atoms with E-state index in [2.05, 4.69) is 51.2 Å². The number of benzene rings is 1. The lowest BCUT2D eigenvalue weighted by atomic mass is 10.1. The third kappa shape index (κ3) is 14.0. The zero-order chi connectivity index (χ0) is 30.1. The molecular formula is C30H44N4O5S. The lowest BCUT2D eigenvalue weighted by Gasteiger charge is -2.28. The van der Waals surface area contributed by atoms with Crippen LogP contribution in [0.25, 0.3) is 0 Å². The van der Waals surface area contributed by atoms with Gasteiger partial charge in [0.15, 0.2) is 0 Å². The maximum Gasteiger partial charge on any atom is 0.327 e. The molecule has 0 aliphatic heterocycles. The van der Waals surface area contributed by atoms with Crippen LogP contribution in [-0.4, -0.2) is 52.5 Å². The number of para-hydroxylation sites is 1. The average molecular weight is 573 g/mol. The van der Waals surface area contributed by atoms with E-state index in [-0.39, 0.29) is 18.6 Å². The maximum absolute atomic E-state index is 12.5. The molecule has 2 unspecified atom stereocenters. The van der Waals surface area contributed by atoms with Gasteiger partial charge in [0, 0.05) is 23.6 Å². The third-order valence-electron chi connectivity index (χ3n) is 6.15. The first kappa shape index (κ1) is 34.5. The number of urea groups is 1. The minimum Gasteiger partial charge on any atom is -0.480 e. The molecule has 0 fully saturated rings. The summed E-state index contributed by atoms with van der Waals surface area (Å²) in [6.45, 7) is 8.42. The van der Waals surface area contributed by atoms with Gasteiger partial charge in [-0.15, -0.1) is 0 Å². The molecule has 10 heteroatoms. The molecule has 0 heterocycles. The number of nitrogens with two attached hydrogens (primary N) is 2. The first-order chi connectivity index (χ1) is 18.9. The highest BCUT2D eigenvalue weighted by molar-refractivity contribution is 7.99. The predicted octanol–water partition coefficient (Wildman–Crippen LogP) is 4.93. The van der Waals surface area contributed by atoms with Gasteiger partial charge < -0.3 is 21.9 Å². The van der Waals surface area contributed by atoms with Crippen molar-refractivity contribution < 1.29 is 24.3 Å². The Labute approximate surface area is 242 Å². The number of thioether (sulfide) groups is 1. The van der Waals surface area contributed by atoms with E-state index in [0.29, 0.717) is 11.4 Å². The molecule has 40 heavy (non-hydrogen) atoms. The summed E-state index contributed by atoms with van der Waals surface area (Å²) in [5.41, 5.74) is 15.3. The van der Waals surface area contributed by atoms with E-state index in [4.69, 9.17) is 11.5 Å². The molecule has 6 N–H and O–H groups in total. The van der Waals surface area contributed by atoms with Crippen LogP contribution in [0.4, 0.5) is 10.5 Å². The highest BCUT2D eigenvalue weighted by Gasteiger charge is 2.29. The highest BCUT2D eigenvalue weighted by Crippen LogP contribution is 2.19. The molecular weight excluding hydrogens is 528 g/mol. The number of anilines is 1. The Kier molecular flexibility index (Phi) is 16.1. The highest BCUT2D eigenvalue weighted by atomic mass is 32.2. The predicted molar refractivity (Wildman–Crippen MR) is 163 cm³/mol. The Morgan fingerprint density at radius 1 is 0.925 bits per heavy atom. The summed E-state index contributed by atoms with van der Waals surface area (Å²) in [6.07, 6.45) is 10.3. The summed E-state index contributed by atoms with van der Waals surface area (Å²) in [4.78, 5) is 49.4. The van der Waals surface area contributed by atoms with Gasteiger partial charge in [-0.05, 0) is 71.9 Å². The van der Waals surface area contributed by atoms with Crippen LogP contribution in [0.3, 0.4) is 0 Å². The van der Waals surface area contributed by atoms with Crippen molar-refractivity contribution >= 4 is 41.3 Å². The molecule has 4 amide bonds. The van der Waals surface area contributed by atoms with E-state index in [9.17, 15) is 24.3 Å². The second-order valence-corrected chi connectivity index (χ2v) is 11.0. The summed E-state index contributed by atoms with van der Waals surface area (Å²) in [6, 6.07) is 5.15. The van der Waals surface area contributed by atoms with E-state index >= 15 is 0 Å². The number of nitrogens with zero attached hydrogens (tertiary/aromatic N) is 1. The monoisotopic (exact) mass is 572 g/mol. The van der Waals surface area contributed by atoms with Crippen molar-refractivity contribution in [2.45, 2.75) is 78.3 Å². The molecule has 0 saturated carbocycles. The molecule has 9 nitrogen and oxygen atoms in total. The van der Waals surface area contributed by atoms with Crippen LogP contribution in [-0.2, 0) is 14.4 Å². The Balaban J connectivity index is 2.56. The first-order valence-corrected chi connectivity index (χ1v) is 14.5. The Bertz CT molecular complexity index is 1080. The van der Waals surface area contributed by atoms with E-state index < -0.39 is 35.9 Å². The topological polar surface area (TPSA) is 156 Å². The van der Waals surface area contributed by atoms with E-state index in [1.54, 1.807) is 30.3 Å². The van der Waals surface area contributed by atoms with E-state index in [1.807, 2.05) is 0 Å². The van der Waals surface area contributed by atoms with Crippen LogP contribution >= 0.6 is 11.8 Å². The number of carboxylic acid groups (broad SMARTS) is 1. The number of aliphatic carboxylic acids is 1.